The van der Waals surface area contributed by atoms with Gasteiger partial charge in [-0.25, -0.2) is 9.95 Å². The Balaban J connectivity index is 2.04. The molecule has 0 aliphatic rings. The van der Waals surface area contributed by atoms with E-state index >= 15 is 0 Å². The van der Waals surface area contributed by atoms with Gasteiger partial charge in [0.25, 0.3) is 0 Å². The van der Waals surface area contributed by atoms with E-state index in [-0.39, 0.29) is 17.1 Å². The largest absolute Gasteiger partial charge is 0.502 e. The van der Waals surface area contributed by atoms with Crippen LogP contribution < -0.4 is 11.1 Å². The van der Waals surface area contributed by atoms with Gasteiger partial charge >= 0.3 is 5.63 Å². The lowest BCUT2D eigenvalue weighted by molar-refractivity contribution is 0.234. The molecule has 2 aromatic heterocycles. The lowest BCUT2D eigenvalue weighted by atomic mass is 9.86. The van der Waals surface area contributed by atoms with Gasteiger partial charge in [-0.3, -0.25) is 4.79 Å². The molecule has 0 bridgehead atoms. The van der Waals surface area contributed by atoms with E-state index in [4.69, 9.17) is 8.94 Å². The number of benzene rings is 2. The number of aromatic nitrogens is 1. The maximum absolute atomic E-state index is 12.8. The van der Waals surface area contributed by atoms with Crippen LogP contribution in [0.3, 0.4) is 0 Å². The highest BCUT2D eigenvalue weighted by molar-refractivity contribution is 9.10. The van der Waals surface area contributed by atoms with Gasteiger partial charge in [-0.15, -0.1) is 0 Å². The summed E-state index contributed by atoms with van der Waals surface area (Å²) in [6, 6.07) is 15.5. The Kier molecular flexibility index (Phi) is 5.67. The van der Waals surface area contributed by atoms with Gasteiger partial charge in [0.15, 0.2) is 5.76 Å². The smallest absolute Gasteiger partial charge is 0.362 e. The van der Waals surface area contributed by atoms with Crippen LogP contribution >= 0.6 is 15.9 Å². The third kappa shape index (κ3) is 3.99. The number of halogens is 1. The molecule has 7 nitrogen and oxygen atoms in total. The molecular formula is C23H18BrNO6. The standard InChI is InChI=1S/C23H18BrNO6/c1-12-3-2-4-14(9-12)18(22-21(28)17(27)10-16(11-26)30-22)19-20(25-31-23(19)29)13-5-7-15(24)8-6-13/h2-10,18,25-26,28H,11H2,1H3/t18-/m0/s1. The SMILES string of the molecule is Cc1cccc([C@H](c2oc(CO)cc(=O)c2O)c2c(-c3ccc(Br)cc3)[nH]oc2=O)c1. The number of hydrogen-bond acceptors (Lipinski definition) is 6. The molecule has 8 heteroatoms. The lowest BCUT2D eigenvalue weighted by Gasteiger charge is -2.18. The maximum atomic E-state index is 12.8. The molecule has 4 aromatic rings. The van der Waals surface area contributed by atoms with E-state index < -0.39 is 29.3 Å². The first-order chi connectivity index (χ1) is 14.9. The Morgan fingerprint density at radius 3 is 2.52 bits per heavy atom. The minimum Gasteiger partial charge on any atom is -0.502 e. The molecule has 2 heterocycles. The zero-order valence-electron chi connectivity index (χ0n) is 16.4. The highest BCUT2D eigenvalue weighted by atomic mass is 79.9. The molecule has 3 N–H and O–H groups in total. The van der Waals surface area contributed by atoms with Crippen LogP contribution in [0.5, 0.6) is 5.75 Å². The fourth-order valence-corrected chi connectivity index (χ4v) is 3.79. The molecule has 0 amide bonds. The quantitative estimate of drug-likeness (QED) is 0.394. The molecule has 0 fully saturated rings. The zero-order chi connectivity index (χ0) is 22.1. The monoisotopic (exact) mass is 483 g/mol. The van der Waals surface area contributed by atoms with Crippen LogP contribution in [0.1, 0.15) is 34.1 Å². The number of H-pyrrole nitrogens is 1. The molecule has 158 valence electrons. The van der Waals surface area contributed by atoms with Crippen molar-refractivity contribution in [2.45, 2.75) is 19.4 Å². The van der Waals surface area contributed by atoms with E-state index in [2.05, 4.69) is 21.1 Å². The van der Waals surface area contributed by atoms with Crippen molar-refractivity contribution < 1.29 is 19.2 Å². The number of aliphatic hydroxyl groups is 1. The number of hydrogen-bond donors (Lipinski definition) is 3. The summed E-state index contributed by atoms with van der Waals surface area (Å²) in [4.78, 5) is 25.2. The fourth-order valence-electron chi connectivity index (χ4n) is 3.53. The van der Waals surface area contributed by atoms with Gasteiger partial charge < -0.3 is 19.2 Å². The molecule has 0 saturated carbocycles. The molecule has 0 spiro atoms. The van der Waals surface area contributed by atoms with Crippen LogP contribution in [0.4, 0.5) is 0 Å². The van der Waals surface area contributed by atoms with Crippen molar-refractivity contribution in [2.75, 3.05) is 0 Å². The van der Waals surface area contributed by atoms with Crippen LogP contribution in [0.15, 0.2) is 77.6 Å². The Hall–Kier alpha value is -3.36. The van der Waals surface area contributed by atoms with Crippen molar-refractivity contribution in [1.82, 2.24) is 5.16 Å². The second-order valence-electron chi connectivity index (χ2n) is 7.08. The van der Waals surface area contributed by atoms with Crippen LogP contribution in [-0.4, -0.2) is 15.4 Å². The van der Waals surface area contributed by atoms with Crippen molar-refractivity contribution in [1.29, 1.82) is 0 Å². The number of nitrogens with one attached hydrogen (secondary N) is 1. The molecule has 0 radical (unpaired) electrons. The number of rotatable bonds is 5. The topological polar surface area (TPSA) is 117 Å². The summed E-state index contributed by atoms with van der Waals surface area (Å²) in [6.07, 6.45) is 0. The van der Waals surface area contributed by atoms with Gasteiger partial charge in [-0.1, -0.05) is 57.9 Å². The maximum Gasteiger partial charge on any atom is 0.362 e. The molecule has 1 atom stereocenters. The van der Waals surface area contributed by atoms with Crippen LogP contribution in [0.2, 0.25) is 0 Å². The lowest BCUT2D eigenvalue weighted by Crippen LogP contribution is -2.16. The number of aryl methyl sites for hydroxylation is 1. The van der Waals surface area contributed by atoms with Crippen LogP contribution in [0, 0.1) is 6.92 Å². The molecule has 0 aliphatic heterocycles. The average molecular weight is 484 g/mol. The van der Waals surface area contributed by atoms with E-state index in [9.17, 15) is 19.8 Å². The number of aromatic hydroxyl groups is 1. The summed E-state index contributed by atoms with van der Waals surface area (Å²) in [5.74, 6) is -1.76. The predicted octanol–water partition coefficient (Wildman–Crippen LogP) is 4.04. The van der Waals surface area contributed by atoms with E-state index in [0.29, 0.717) is 16.8 Å². The third-order valence-electron chi connectivity index (χ3n) is 4.95. The average Bonchev–Trinajstić information content (AvgIpc) is 3.13. The minimum atomic E-state index is -0.958. The van der Waals surface area contributed by atoms with Crippen molar-refractivity contribution >= 4 is 15.9 Å². The number of aliphatic hydroxyl groups excluding tert-OH is 1. The van der Waals surface area contributed by atoms with Crippen molar-refractivity contribution in [3.63, 3.8) is 0 Å². The Morgan fingerprint density at radius 1 is 1.10 bits per heavy atom. The molecular weight excluding hydrogens is 466 g/mol. The first-order valence-corrected chi connectivity index (χ1v) is 10.2. The van der Waals surface area contributed by atoms with Crippen molar-refractivity contribution in [3.8, 4) is 17.0 Å². The fraction of sp³-hybridized carbons (Fsp3) is 0.130. The normalized spacial score (nSPS) is 12.1. The van der Waals surface area contributed by atoms with E-state index in [0.717, 1.165) is 16.1 Å². The first kappa shape index (κ1) is 20.9. The second kappa shape index (κ2) is 8.41. The number of aromatic amines is 1. The summed E-state index contributed by atoms with van der Waals surface area (Å²) in [6.45, 7) is 1.35. The summed E-state index contributed by atoms with van der Waals surface area (Å²) >= 11 is 3.38. The van der Waals surface area contributed by atoms with Crippen LogP contribution in [-0.2, 0) is 6.61 Å². The van der Waals surface area contributed by atoms with Crippen LogP contribution in [0.25, 0.3) is 11.3 Å². The van der Waals surface area contributed by atoms with Gasteiger partial charge in [-0.05, 0) is 24.6 Å². The Bertz CT molecular complexity index is 1350. The summed E-state index contributed by atoms with van der Waals surface area (Å²) in [5, 5.41) is 22.7. The van der Waals surface area contributed by atoms with Gasteiger partial charge in [0.05, 0.1) is 17.2 Å². The predicted molar refractivity (Wildman–Crippen MR) is 117 cm³/mol. The molecule has 2 aromatic carbocycles. The minimum absolute atomic E-state index is 0.0273. The van der Waals surface area contributed by atoms with E-state index in [1.807, 2.05) is 31.2 Å². The molecule has 0 unspecified atom stereocenters. The first-order valence-electron chi connectivity index (χ1n) is 9.39. The Labute approximate surface area is 184 Å². The van der Waals surface area contributed by atoms with Crippen molar-refractivity contribution in [3.05, 3.63) is 108 Å². The summed E-state index contributed by atoms with van der Waals surface area (Å²) in [7, 11) is 0. The van der Waals surface area contributed by atoms with E-state index in [1.165, 1.54) is 0 Å². The summed E-state index contributed by atoms with van der Waals surface area (Å²) in [5.41, 5.74) is 1.37. The highest BCUT2D eigenvalue weighted by Gasteiger charge is 2.32. The molecule has 31 heavy (non-hydrogen) atoms. The van der Waals surface area contributed by atoms with Gasteiger partial charge in [-0.2, -0.15) is 0 Å². The van der Waals surface area contributed by atoms with Gasteiger partial charge in [0.2, 0.25) is 11.2 Å². The van der Waals surface area contributed by atoms with Gasteiger partial charge in [0, 0.05) is 16.1 Å². The highest BCUT2D eigenvalue weighted by Crippen LogP contribution is 2.39. The van der Waals surface area contributed by atoms with Crippen molar-refractivity contribution in [2.24, 2.45) is 0 Å². The molecule has 0 saturated heterocycles. The zero-order valence-corrected chi connectivity index (χ0v) is 18.0. The molecule has 4 rings (SSSR count). The second-order valence-corrected chi connectivity index (χ2v) is 8.00. The molecule has 0 aliphatic carbocycles. The third-order valence-corrected chi connectivity index (χ3v) is 5.48. The van der Waals surface area contributed by atoms with E-state index in [1.54, 1.807) is 24.3 Å². The van der Waals surface area contributed by atoms with Gasteiger partial charge in [0.1, 0.15) is 12.4 Å². The summed E-state index contributed by atoms with van der Waals surface area (Å²) < 4.78 is 11.7. The Morgan fingerprint density at radius 2 is 1.84 bits per heavy atom.